The van der Waals surface area contributed by atoms with Gasteiger partial charge in [0.25, 0.3) is 5.91 Å². The SMILES string of the molecule is O=C(CCC(=O)OCCCc1ccccc1)NC(=S)Nc1ccccc1C(=O)NCCCO. The summed E-state index contributed by atoms with van der Waals surface area (Å²) in [5.41, 5.74) is 1.96. The Morgan fingerprint density at radius 1 is 0.939 bits per heavy atom. The number of para-hydroxylation sites is 1. The first kappa shape index (κ1) is 26.0. The minimum Gasteiger partial charge on any atom is -0.466 e. The molecule has 0 saturated carbocycles. The molecule has 0 heterocycles. The predicted octanol–water partition coefficient (Wildman–Crippen LogP) is 2.57. The van der Waals surface area contributed by atoms with E-state index in [0.29, 0.717) is 37.2 Å². The average molecular weight is 472 g/mol. The highest BCUT2D eigenvalue weighted by molar-refractivity contribution is 7.80. The summed E-state index contributed by atoms with van der Waals surface area (Å²) < 4.78 is 5.17. The number of carbonyl (C=O) groups is 3. The molecule has 33 heavy (non-hydrogen) atoms. The average Bonchev–Trinajstić information content (AvgIpc) is 2.81. The van der Waals surface area contributed by atoms with Crippen LogP contribution < -0.4 is 16.0 Å². The van der Waals surface area contributed by atoms with Gasteiger partial charge in [-0.05, 0) is 49.2 Å². The maximum absolute atomic E-state index is 12.3. The van der Waals surface area contributed by atoms with Gasteiger partial charge in [0.05, 0.1) is 24.3 Å². The lowest BCUT2D eigenvalue weighted by Crippen LogP contribution is -2.35. The molecule has 2 aromatic carbocycles. The van der Waals surface area contributed by atoms with Crippen molar-refractivity contribution in [2.75, 3.05) is 25.1 Å². The van der Waals surface area contributed by atoms with Crippen LogP contribution in [0.3, 0.4) is 0 Å². The lowest BCUT2D eigenvalue weighted by atomic mass is 10.1. The number of hydrogen-bond acceptors (Lipinski definition) is 6. The zero-order valence-electron chi connectivity index (χ0n) is 18.3. The monoisotopic (exact) mass is 471 g/mol. The van der Waals surface area contributed by atoms with E-state index in [1.807, 2.05) is 30.3 Å². The van der Waals surface area contributed by atoms with Gasteiger partial charge < -0.3 is 25.8 Å². The molecule has 0 aliphatic heterocycles. The van der Waals surface area contributed by atoms with Crippen molar-refractivity contribution in [3.05, 3.63) is 65.7 Å². The highest BCUT2D eigenvalue weighted by Gasteiger charge is 2.13. The predicted molar refractivity (Wildman–Crippen MR) is 130 cm³/mol. The summed E-state index contributed by atoms with van der Waals surface area (Å²) in [4.78, 5) is 36.3. The zero-order valence-corrected chi connectivity index (χ0v) is 19.2. The molecular formula is C24H29N3O5S. The number of aryl methyl sites for hydroxylation is 1. The third-order valence-electron chi connectivity index (χ3n) is 4.57. The summed E-state index contributed by atoms with van der Waals surface area (Å²) in [6, 6.07) is 16.6. The number of aliphatic hydroxyl groups is 1. The van der Waals surface area contributed by atoms with Gasteiger partial charge in [0, 0.05) is 19.6 Å². The second kappa shape index (κ2) is 14.7. The van der Waals surface area contributed by atoms with E-state index in [2.05, 4.69) is 16.0 Å². The van der Waals surface area contributed by atoms with Crippen LogP contribution in [0.4, 0.5) is 5.69 Å². The van der Waals surface area contributed by atoms with Crippen LogP contribution in [-0.2, 0) is 20.7 Å². The Morgan fingerprint density at radius 2 is 1.67 bits per heavy atom. The van der Waals surface area contributed by atoms with Crippen molar-refractivity contribution in [3.63, 3.8) is 0 Å². The maximum Gasteiger partial charge on any atom is 0.306 e. The first-order valence-corrected chi connectivity index (χ1v) is 11.2. The first-order chi connectivity index (χ1) is 16.0. The van der Waals surface area contributed by atoms with Gasteiger partial charge in [-0.15, -0.1) is 0 Å². The number of rotatable bonds is 12. The molecule has 9 heteroatoms. The normalized spacial score (nSPS) is 10.2. The molecule has 0 saturated heterocycles. The van der Waals surface area contributed by atoms with E-state index >= 15 is 0 Å². The molecule has 0 aliphatic rings. The molecule has 8 nitrogen and oxygen atoms in total. The number of hydrogen-bond donors (Lipinski definition) is 4. The second-order valence-corrected chi connectivity index (χ2v) is 7.60. The van der Waals surface area contributed by atoms with E-state index in [0.717, 1.165) is 6.42 Å². The summed E-state index contributed by atoms with van der Waals surface area (Å²) in [6.07, 6.45) is 1.86. The highest BCUT2D eigenvalue weighted by atomic mass is 32.1. The van der Waals surface area contributed by atoms with Gasteiger partial charge in [0.2, 0.25) is 5.91 Å². The van der Waals surface area contributed by atoms with Gasteiger partial charge >= 0.3 is 5.97 Å². The van der Waals surface area contributed by atoms with Crippen LogP contribution in [0.15, 0.2) is 54.6 Å². The van der Waals surface area contributed by atoms with Crippen molar-refractivity contribution in [1.29, 1.82) is 0 Å². The van der Waals surface area contributed by atoms with Crippen LogP contribution in [0.2, 0.25) is 0 Å². The van der Waals surface area contributed by atoms with E-state index in [-0.39, 0.29) is 30.5 Å². The van der Waals surface area contributed by atoms with Crippen LogP contribution in [0.1, 0.15) is 41.6 Å². The number of benzene rings is 2. The summed E-state index contributed by atoms with van der Waals surface area (Å²) in [5.74, 6) is -1.20. The molecule has 0 atom stereocenters. The fourth-order valence-corrected chi connectivity index (χ4v) is 3.13. The molecule has 4 N–H and O–H groups in total. The van der Waals surface area contributed by atoms with Gasteiger partial charge in [-0.25, -0.2) is 0 Å². The summed E-state index contributed by atoms with van der Waals surface area (Å²) in [7, 11) is 0. The first-order valence-electron chi connectivity index (χ1n) is 10.8. The Kier molecular flexibility index (Phi) is 11.6. The van der Waals surface area contributed by atoms with E-state index in [1.165, 1.54) is 5.56 Å². The van der Waals surface area contributed by atoms with Crippen LogP contribution in [-0.4, -0.2) is 47.8 Å². The Morgan fingerprint density at radius 3 is 2.42 bits per heavy atom. The zero-order chi connectivity index (χ0) is 23.9. The molecule has 2 amide bonds. The summed E-state index contributed by atoms with van der Waals surface area (Å²) >= 11 is 5.15. The van der Waals surface area contributed by atoms with Gasteiger partial charge in [0.1, 0.15) is 0 Å². The second-order valence-electron chi connectivity index (χ2n) is 7.19. The van der Waals surface area contributed by atoms with E-state index in [9.17, 15) is 14.4 Å². The molecule has 0 unspecified atom stereocenters. The standard InChI is InChI=1S/C24H29N3O5S/c28-16-7-15-25-23(31)19-11-4-5-12-20(19)26-24(33)27-21(29)13-14-22(30)32-17-6-10-18-8-2-1-3-9-18/h1-5,8-9,11-12,28H,6-7,10,13-17H2,(H,25,31)(H2,26,27,29,33). The Labute approximate surface area is 198 Å². The Balaban J connectivity index is 1.69. The maximum atomic E-state index is 12.3. The number of esters is 1. The number of ether oxygens (including phenoxy) is 1. The smallest absolute Gasteiger partial charge is 0.306 e. The van der Waals surface area contributed by atoms with E-state index < -0.39 is 11.9 Å². The molecule has 176 valence electrons. The summed E-state index contributed by atoms with van der Waals surface area (Å²) in [6.45, 7) is 0.622. The van der Waals surface area contributed by atoms with Gasteiger partial charge in [-0.1, -0.05) is 42.5 Å². The number of amides is 2. The lowest BCUT2D eigenvalue weighted by Gasteiger charge is -2.13. The van der Waals surface area contributed by atoms with Crippen LogP contribution >= 0.6 is 12.2 Å². The number of anilines is 1. The van der Waals surface area contributed by atoms with E-state index in [4.69, 9.17) is 22.1 Å². The van der Waals surface area contributed by atoms with Crippen molar-refractivity contribution in [3.8, 4) is 0 Å². The van der Waals surface area contributed by atoms with Gasteiger partial charge in [0.15, 0.2) is 5.11 Å². The van der Waals surface area contributed by atoms with Crippen molar-refractivity contribution in [2.24, 2.45) is 0 Å². The van der Waals surface area contributed by atoms with Crippen molar-refractivity contribution >= 4 is 40.8 Å². The van der Waals surface area contributed by atoms with Crippen LogP contribution in [0.25, 0.3) is 0 Å². The van der Waals surface area contributed by atoms with Crippen molar-refractivity contribution in [1.82, 2.24) is 10.6 Å². The molecular weight excluding hydrogens is 442 g/mol. The molecule has 0 spiro atoms. The molecule has 0 radical (unpaired) electrons. The number of aliphatic hydroxyl groups excluding tert-OH is 1. The minimum absolute atomic E-state index is 0.0163. The lowest BCUT2D eigenvalue weighted by molar-refractivity contribution is -0.145. The summed E-state index contributed by atoms with van der Waals surface area (Å²) in [5, 5.41) is 16.9. The minimum atomic E-state index is -0.443. The quantitative estimate of drug-likeness (QED) is 0.214. The topological polar surface area (TPSA) is 117 Å². The number of nitrogens with one attached hydrogen (secondary N) is 3. The number of thiocarbonyl (C=S) groups is 1. The molecule has 0 fully saturated rings. The van der Waals surface area contributed by atoms with Gasteiger partial charge in [-0.2, -0.15) is 0 Å². The van der Waals surface area contributed by atoms with Crippen LogP contribution in [0.5, 0.6) is 0 Å². The largest absolute Gasteiger partial charge is 0.466 e. The molecule has 0 aliphatic carbocycles. The molecule has 0 bridgehead atoms. The highest BCUT2D eigenvalue weighted by Crippen LogP contribution is 2.15. The van der Waals surface area contributed by atoms with E-state index in [1.54, 1.807) is 24.3 Å². The molecule has 0 aromatic heterocycles. The third-order valence-corrected chi connectivity index (χ3v) is 4.77. The van der Waals surface area contributed by atoms with Crippen molar-refractivity contribution in [2.45, 2.75) is 32.1 Å². The molecule has 2 rings (SSSR count). The Bertz CT molecular complexity index is 937. The third kappa shape index (κ3) is 10.2. The van der Waals surface area contributed by atoms with Crippen LogP contribution in [0, 0.1) is 0 Å². The van der Waals surface area contributed by atoms with Gasteiger partial charge in [-0.3, -0.25) is 14.4 Å². The number of carbonyl (C=O) groups excluding carboxylic acids is 3. The fourth-order valence-electron chi connectivity index (χ4n) is 2.90. The van der Waals surface area contributed by atoms with Crippen molar-refractivity contribution < 1.29 is 24.2 Å². The fraction of sp³-hybridized carbons (Fsp3) is 0.333. The molecule has 2 aromatic rings. The Hall–Kier alpha value is -3.30.